The number of methoxy groups -OCH3 is 1. The minimum Gasteiger partial charge on any atom is -0.481 e. The Balaban J connectivity index is 2.41. The molecule has 1 aliphatic rings. The van der Waals surface area contributed by atoms with Crippen molar-refractivity contribution in [1.82, 2.24) is 0 Å². The quantitative estimate of drug-likeness (QED) is 0.815. The molecule has 1 aromatic heterocycles. The van der Waals surface area contributed by atoms with Gasteiger partial charge in [0.1, 0.15) is 5.00 Å². The van der Waals surface area contributed by atoms with E-state index in [4.69, 9.17) is 9.84 Å². The number of carbonyl (C=O) groups is 2. The molecular weight excluding hydrogens is 302 g/mol. The number of hydrogen-bond donors (Lipinski definition) is 1. The van der Waals surface area contributed by atoms with Crippen LogP contribution in [0.25, 0.3) is 0 Å². The van der Waals surface area contributed by atoms with Crippen molar-refractivity contribution in [2.45, 2.75) is 39.5 Å². The number of hydrogen-bond acceptors (Lipinski definition) is 5. The number of aliphatic carboxylic acids is 1. The molecule has 1 unspecified atom stereocenters. The SMILES string of the molecule is CCN(CC(C)C(=O)O)c1sc2c(c1C(=O)OC)CCCC2. The van der Waals surface area contributed by atoms with E-state index >= 15 is 0 Å². The highest BCUT2D eigenvalue weighted by Crippen LogP contribution is 2.40. The Labute approximate surface area is 134 Å². The molecule has 5 nitrogen and oxygen atoms in total. The van der Waals surface area contributed by atoms with Crippen LogP contribution < -0.4 is 4.90 Å². The fourth-order valence-corrected chi connectivity index (χ4v) is 4.30. The summed E-state index contributed by atoms with van der Waals surface area (Å²) in [5.41, 5.74) is 1.76. The molecule has 0 spiro atoms. The Hall–Kier alpha value is -1.56. The zero-order chi connectivity index (χ0) is 16.3. The van der Waals surface area contributed by atoms with Crippen molar-refractivity contribution in [1.29, 1.82) is 0 Å². The average Bonchev–Trinajstić information content (AvgIpc) is 2.90. The molecule has 0 bridgehead atoms. The number of nitrogens with zero attached hydrogens (tertiary/aromatic N) is 1. The van der Waals surface area contributed by atoms with Crippen molar-refractivity contribution in [3.8, 4) is 0 Å². The largest absolute Gasteiger partial charge is 0.481 e. The van der Waals surface area contributed by atoms with E-state index < -0.39 is 11.9 Å². The number of aryl methyl sites for hydroxylation is 1. The van der Waals surface area contributed by atoms with Crippen LogP contribution in [0, 0.1) is 5.92 Å². The zero-order valence-corrected chi connectivity index (χ0v) is 14.2. The first-order chi connectivity index (χ1) is 10.5. The Morgan fingerprint density at radius 3 is 2.64 bits per heavy atom. The van der Waals surface area contributed by atoms with E-state index in [1.165, 1.54) is 12.0 Å². The fraction of sp³-hybridized carbons (Fsp3) is 0.625. The summed E-state index contributed by atoms with van der Waals surface area (Å²) in [5, 5.41) is 10.0. The lowest BCUT2D eigenvalue weighted by Gasteiger charge is -2.24. The second kappa shape index (κ2) is 7.13. The van der Waals surface area contributed by atoms with E-state index in [2.05, 4.69) is 0 Å². The van der Waals surface area contributed by atoms with Gasteiger partial charge in [-0.25, -0.2) is 4.79 Å². The number of thiophene rings is 1. The van der Waals surface area contributed by atoms with Gasteiger partial charge in [0, 0.05) is 18.0 Å². The van der Waals surface area contributed by atoms with Gasteiger partial charge in [-0.05, 0) is 38.2 Å². The summed E-state index contributed by atoms with van der Waals surface area (Å²) in [4.78, 5) is 26.6. The summed E-state index contributed by atoms with van der Waals surface area (Å²) in [5.74, 6) is -1.61. The monoisotopic (exact) mass is 325 g/mol. The minimum absolute atomic E-state index is 0.309. The first kappa shape index (κ1) is 16.8. The molecule has 0 aliphatic heterocycles. The highest BCUT2D eigenvalue weighted by molar-refractivity contribution is 7.16. The normalized spacial score (nSPS) is 15.0. The molecule has 22 heavy (non-hydrogen) atoms. The molecule has 1 heterocycles. The van der Waals surface area contributed by atoms with Gasteiger partial charge in [0.05, 0.1) is 18.6 Å². The van der Waals surface area contributed by atoms with Crippen LogP contribution >= 0.6 is 11.3 Å². The smallest absolute Gasteiger partial charge is 0.341 e. The summed E-state index contributed by atoms with van der Waals surface area (Å²) in [6, 6.07) is 0. The van der Waals surface area contributed by atoms with Crippen LogP contribution in [0.5, 0.6) is 0 Å². The van der Waals surface area contributed by atoms with Crippen LogP contribution in [0.3, 0.4) is 0 Å². The van der Waals surface area contributed by atoms with Gasteiger partial charge in [0.2, 0.25) is 0 Å². The lowest BCUT2D eigenvalue weighted by Crippen LogP contribution is -2.32. The minimum atomic E-state index is -0.820. The van der Waals surface area contributed by atoms with Gasteiger partial charge in [-0.15, -0.1) is 11.3 Å². The lowest BCUT2D eigenvalue weighted by atomic mass is 9.95. The van der Waals surface area contributed by atoms with Crippen LogP contribution in [0.4, 0.5) is 5.00 Å². The van der Waals surface area contributed by atoms with E-state index in [1.807, 2.05) is 11.8 Å². The first-order valence-corrected chi connectivity index (χ1v) is 8.51. The summed E-state index contributed by atoms with van der Waals surface area (Å²) in [6.07, 6.45) is 4.13. The molecule has 1 aliphatic carbocycles. The van der Waals surface area contributed by atoms with Crippen molar-refractivity contribution in [3.05, 3.63) is 16.0 Å². The van der Waals surface area contributed by atoms with E-state index in [1.54, 1.807) is 18.3 Å². The summed E-state index contributed by atoms with van der Waals surface area (Å²) < 4.78 is 4.97. The fourth-order valence-electron chi connectivity index (χ4n) is 2.85. The summed E-state index contributed by atoms with van der Waals surface area (Å²) in [6.45, 7) is 4.74. The third-order valence-corrected chi connectivity index (χ3v) is 5.48. The van der Waals surface area contributed by atoms with Crippen molar-refractivity contribution in [2.75, 3.05) is 25.1 Å². The van der Waals surface area contributed by atoms with Gasteiger partial charge in [-0.1, -0.05) is 6.92 Å². The van der Waals surface area contributed by atoms with Crippen LogP contribution in [0.2, 0.25) is 0 Å². The number of carboxylic acids is 1. The number of rotatable bonds is 6. The highest BCUT2D eigenvalue weighted by atomic mass is 32.1. The van der Waals surface area contributed by atoms with Gasteiger partial charge in [-0.2, -0.15) is 0 Å². The lowest BCUT2D eigenvalue weighted by molar-refractivity contribution is -0.140. The zero-order valence-electron chi connectivity index (χ0n) is 13.3. The highest BCUT2D eigenvalue weighted by Gasteiger charge is 2.29. The molecule has 1 N–H and O–H groups in total. The van der Waals surface area contributed by atoms with Crippen LogP contribution in [0.15, 0.2) is 0 Å². The molecule has 0 saturated carbocycles. The maximum Gasteiger partial charge on any atom is 0.341 e. The molecule has 1 atom stereocenters. The predicted octanol–water partition coefficient (Wildman–Crippen LogP) is 2.96. The number of carbonyl (C=O) groups excluding carboxylic acids is 1. The van der Waals surface area contributed by atoms with Crippen molar-refractivity contribution in [2.24, 2.45) is 5.92 Å². The number of fused-ring (bicyclic) bond motifs is 1. The molecule has 6 heteroatoms. The third-order valence-electron chi connectivity index (χ3n) is 4.13. The molecule has 2 rings (SSSR count). The Kier molecular flexibility index (Phi) is 5.45. The first-order valence-electron chi connectivity index (χ1n) is 7.70. The van der Waals surface area contributed by atoms with Gasteiger partial charge in [0.15, 0.2) is 0 Å². The van der Waals surface area contributed by atoms with Gasteiger partial charge < -0.3 is 14.7 Å². The van der Waals surface area contributed by atoms with Gasteiger partial charge >= 0.3 is 11.9 Å². The summed E-state index contributed by atoms with van der Waals surface area (Å²) >= 11 is 1.62. The second-order valence-corrected chi connectivity index (χ2v) is 6.74. The molecule has 0 amide bonds. The molecule has 1 aromatic rings. The summed E-state index contributed by atoms with van der Waals surface area (Å²) in [7, 11) is 1.40. The van der Waals surface area contributed by atoms with Crippen molar-refractivity contribution >= 4 is 28.3 Å². The molecule has 0 fully saturated rings. The number of anilines is 1. The molecule has 0 aromatic carbocycles. The maximum absolute atomic E-state index is 12.2. The Morgan fingerprint density at radius 1 is 1.36 bits per heavy atom. The number of ether oxygens (including phenoxy) is 1. The Bertz CT molecular complexity index is 567. The number of esters is 1. The van der Waals surface area contributed by atoms with E-state index in [0.717, 1.165) is 36.2 Å². The van der Waals surface area contributed by atoms with Crippen molar-refractivity contribution in [3.63, 3.8) is 0 Å². The molecular formula is C16H23NO4S. The van der Waals surface area contributed by atoms with E-state index in [-0.39, 0.29) is 5.97 Å². The second-order valence-electron chi connectivity index (χ2n) is 5.66. The average molecular weight is 325 g/mol. The van der Waals surface area contributed by atoms with Gasteiger partial charge in [0.25, 0.3) is 0 Å². The number of carboxylic acid groups (broad SMARTS) is 1. The van der Waals surface area contributed by atoms with Gasteiger partial charge in [-0.3, -0.25) is 4.79 Å². The maximum atomic E-state index is 12.2. The third kappa shape index (κ3) is 3.27. The molecule has 0 radical (unpaired) electrons. The predicted molar refractivity (Wildman–Crippen MR) is 87.0 cm³/mol. The van der Waals surface area contributed by atoms with E-state index in [0.29, 0.717) is 18.7 Å². The topological polar surface area (TPSA) is 66.8 Å². The van der Waals surface area contributed by atoms with Crippen molar-refractivity contribution < 1.29 is 19.4 Å². The standard InChI is InChI=1S/C16H23NO4S/c1-4-17(9-10(2)15(18)19)14-13(16(20)21-3)11-7-5-6-8-12(11)22-14/h10H,4-9H2,1-3H3,(H,18,19). The Morgan fingerprint density at radius 2 is 2.05 bits per heavy atom. The van der Waals surface area contributed by atoms with Crippen LogP contribution in [-0.4, -0.2) is 37.2 Å². The van der Waals surface area contributed by atoms with Crippen LogP contribution in [0.1, 0.15) is 47.5 Å². The molecule has 0 saturated heterocycles. The van der Waals surface area contributed by atoms with Crippen LogP contribution in [-0.2, 0) is 22.4 Å². The van der Waals surface area contributed by atoms with E-state index in [9.17, 15) is 9.59 Å². The molecule has 122 valence electrons.